The fourth-order valence-electron chi connectivity index (χ4n) is 6.25. The topological polar surface area (TPSA) is 115 Å². The second-order valence-electron chi connectivity index (χ2n) is 10.3. The number of carboxylic acid groups (broad SMARTS) is 1. The molecule has 0 spiro atoms. The monoisotopic (exact) mass is 478 g/mol. The third-order valence-electron chi connectivity index (χ3n) is 8.13. The molecule has 3 unspecified atom stereocenters. The van der Waals surface area contributed by atoms with Gasteiger partial charge in [-0.15, -0.1) is 0 Å². The summed E-state index contributed by atoms with van der Waals surface area (Å²) in [4.78, 5) is 31.0. The first kappa shape index (κ1) is 23.8. The molecule has 3 atom stereocenters. The van der Waals surface area contributed by atoms with E-state index in [0.717, 1.165) is 44.5 Å². The molecule has 8 nitrogen and oxygen atoms in total. The maximum atomic E-state index is 13.4. The third-order valence-corrected chi connectivity index (χ3v) is 8.13. The number of hydrogen-bond donors (Lipinski definition) is 4. The lowest BCUT2D eigenvalue weighted by Crippen LogP contribution is -2.50. The molecule has 3 aliphatic rings. The minimum atomic E-state index is -1.47. The number of pyridine rings is 1. The second kappa shape index (κ2) is 9.95. The van der Waals surface area contributed by atoms with E-state index in [2.05, 4.69) is 20.5 Å². The Labute approximate surface area is 205 Å². The molecule has 2 heterocycles. The number of aliphatic hydroxyl groups is 1. The number of rotatable bonds is 8. The summed E-state index contributed by atoms with van der Waals surface area (Å²) in [6.45, 7) is 3.15. The molecule has 8 heteroatoms. The van der Waals surface area contributed by atoms with E-state index in [1.54, 1.807) is 6.07 Å². The number of carbonyl (C=O) groups excluding carboxylic acids is 1. The van der Waals surface area contributed by atoms with Gasteiger partial charge in [0.15, 0.2) is 5.60 Å². The molecule has 1 saturated heterocycles. The minimum absolute atomic E-state index is 0.0493. The number of nitrogens with zero attached hydrogens (tertiary/aromatic N) is 2. The number of nitrogens with one attached hydrogen (secondary N) is 2. The molecule has 2 aliphatic carbocycles. The second-order valence-corrected chi connectivity index (χ2v) is 10.3. The smallest absolute Gasteiger partial charge is 0.410 e. The van der Waals surface area contributed by atoms with Gasteiger partial charge in [0.2, 0.25) is 0 Å². The number of benzene rings is 1. The Morgan fingerprint density at radius 3 is 2.40 bits per heavy atom. The van der Waals surface area contributed by atoms with Crippen molar-refractivity contribution in [2.75, 3.05) is 25.0 Å². The molecule has 2 aromatic rings. The maximum absolute atomic E-state index is 13.4. The zero-order valence-electron chi connectivity index (χ0n) is 19.9. The first-order valence-corrected chi connectivity index (χ1v) is 12.7. The molecule has 2 amide bonds. The lowest BCUT2D eigenvalue weighted by molar-refractivity contribution is -0.149. The van der Waals surface area contributed by atoms with Crippen LogP contribution in [0.25, 0.3) is 0 Å². The molecule has 4 N–H and O–H groups in total. The van der Waals surface area contributed by atoms with Gasteiger partial charge in [-0.2, -0.15) is 0 Å². The van der Waals surface area contributed by atoms with Gasteiger partial charge < -0.3 is 15.5 Å². The first-order valence-electron chi connectivity index (χ1n) is 12.7. The summed E-state index contributed by atoms with van der Waals surface area (Å²) in [5.41, 5.74) is 0.0553. The predicted octanol–water partition coefficient (Wildman–Crippen LogP) is 3.43. The van der Waals surface area contributed by atoms with Crippen LogP contribution in [0.5, 0.6) is 0 Å². The van der Waals surface area contributed by atoms with Gasteiger partial charge in [-0.3, -0.25) is 15.0 Å². The normalized spacial score (nSPS) is 25.9. The van der Waals surface area contributed by atoms with Crippen molar-refractivity contribution in [2.45, 2.75) is 44.2 Å². The van der Waals surface area contributed by atoms with E-state index in [0.29, 0.717) is 42.2 Å². The van der Waals surface area contributed by atoms with Crippen LogP contribution in [0.1, 0.15) is 43.4 Å². The lowest BCUT2D eigenvalue weighted by Gasteiger charge is -2.37. The van der Waals surface area contributed by atoms with Crippen molar-refractivity contribution >= 4 is 17.8 Å². The van der Waals surface area contributed by atoms with Gasteiger partial charge in [-0.25, -0.2) is 9.78 Å². The van der Waals surface area contributed by atoms with Gasteiger partial charge in [-0.1, -0.05) is 55.7 Å². The van der Waals surface area contributed by atoms with Gasteiger partial charge in [-0.05, 0) is 48.3 Å². The van der Waals surface area contributed by atoms with Crippen LogP contribution in [0.4, 0.5) is 10.6 Å². The van der Waals surface area contributed by atoms with Crippen LogP contribution in [0.15, 0.2) is 48.5 Å². The largest absolute Gasteiger partial charge is 0.465 e. The van der Waals surface area contributed by atoms with Gasteiger partial charge in [0.1, 0.15) is 5.82 Å². The average molecular weight is 479 g/mol. The van der Waals surface area contributed by atoms with Crippen molar-refractivity contribution in [1.82, 2.24) is 15.2 Å². The summed E-state index contributed by atoms with van der Waals surface area (Å²) in [6.07, 6.45) is 3.91. The highest BCUT2D eigenvalue weighted by Crippen LogP contribution is 2.51. The molecule has 0 radical (unpaired) electrons. The van der Waals surface area contributed by atoms with E-state index >= 15 is 0 Å². The van der Waals surface area contributed by atoms with Crippen LogP contribution in [-0.2, 0) is 16.9 Å². The third kappa shape index (κ3) is 5.04. The molecule has 35 heavy (non-hydrogen) atoms. The van der Waals surface area contributed by atoms with E-state index < -0.39 is 11.7 Å². The van der Waals surface area contributed by atoms with Crippen LogP contribution in [0.3, 0.4) is 0 Å². The fraction of sp³-hybridized carbons (Fsp3) is 0.519. The molecule has 0 bridgehead atoms. The van der Waals surface area contributed by atoms with Crippen LogP contribution >= 0.6 is 0 Å². The summed E-state index contributed by atoms with van der Waals surface area (Å²) < 4.78 is 0. The van der Waals surface area contributed by atoms with Crippen molar-refractivity contribution in [2.24, 2.45) is 23.7 Å². The zero-order valence-corrected chi connectivity index (χ0v) is 19.9. The highest BCUT2D eigenvalue weighted by Gasteiger charge is 2.55. The molecule has 1 aromatic heterocycles. The maximum Gasteiger partial charge on any atom is 0.410 e. The van der Waals surface area contributed by atoms with Crippen molar-refractivity contribution in [1.29, 1.82) is 0 Å². The van der Waals surface area contributed by atoms with Gasteiger partial charge in [0.25, 0.3) is 5.91 Å². The Morgan fingerprint density at radius 1 is 1.00 bits per heavy atom. The fourth-order valence-corrected chi connectivity index (χ4v) is 6.25. The number of likely N-dealkylation sites (tertiary alicyclic amines) is 1. The molecule has 186 valence electrons. The summed E-state index contributed by atoms with van der Waals surface area (Å²) in [7, 11) is 0. The number of piperidine rings is 1. The number of hydrogen-bond acceptors (Lipinski definition) is 5. The first-order chi connectivity index (χ1) is 16.9. The average Bonchev–Trinajstić information content (AvgIpc) is 3.33. The van der Waals surface area contributed by atoms with Crippen LogP contribution in [-0.4, -0.2) is 51.7 Å². The molecule has 3 fully saturated rings. The minimum Gasteiger partial charge on any atom is -0.465 e. The molecule has 1 aliphatic heterocycles. The van der Waals surface area contributed by atoms with Gasteiger partial charge >= 0.3 is 6.09 Å². The van der Waals surface area contributed by atoms with E-state index in [9.17, 15) is 14.7 Å². The van der Waals surface area contributed by atoms with Gasteiger partial charge in [0.05, 0.1) is 5.69 Å². The van der Waals surface area contributed by atoms with Crippen molar-refractivity contribution in [3.05, 3.63) is 59.8 Å². The van der Waals surface area contributed by atoms with Crippen LogP contribution < -0.4 is 10.6 Å². The highest BCUT2D eigenvalue weighted by molar-refractivity contribution is 5.86. The molecule has 1 aromatic carbocycles. The standard InChI is InChI=1S/C27H34N4O4/c32-25(27(35,18-8-3-1-4-9-18)19-10-5-2-6-11-19)28-14-21-22-16-31(17-23(21)22)15-20-12-7-13-24(29-20)30-26(33)34/h1,3-4,7-9,12-13,19,21-23,35H,2,5-6,10-11,14-17H2,(H,28,32)(H,29,30)(H,33,34). The SMILES string of the molecule is O=C(O)Nc1cccc(CN2CC3C(CNC(=O)C(O)(c4ccccc4)C4CCCCC4)C3C2)n1. The molecular formula is C27H34N4O4. The Hall–Kier alpha value is -2.97. The number of fused-ring (bicyclic) bond motifs is 1. The number of anilines is 1. The molecule has 5 rings (SSSR count). The Bertz CT molecular complexity index is 1050. The van der Waals surface area contributed by atoms with Crippen LogP contribution in [0.2, 0.25) is 0 Å². The summed E-state index contributed by atoms with van der Waals surface area (Å²) in [5, 5.41) is 26.0. The van der Waals surface area contributed by atoms with Crippen molar-refractivity contribution in [3.8, 4) is 0 Å². The quantitative estimate of drug-likeness (QED) is 0.462. The van der Waals surface area contributed by atoms with Crippen LogP contribution in [0, 0.1) is 23.7 Å². The number of aromatic nitrogens is 1. The number of carbonyl (C=O) groups is 2. The van der Waals surface area contributed by atoms with E-state index in [4.69, 9.17) is 5.11 Å². The summed E-state index contributed by atoms with van der Waals surface area (Å²) in [5.74, 6) is 1.54. The van der Waals surface area contributed by atoms with E-state index in [-0.39, 0.29) is 11.8 Å². The summed E-state index contributed by atoms with van der Waals surface area (Å²) >= 11 is 0. The Balaban J connectivity index is 1.15. The van der Waals surface area contributed by atoms with Crippen molar-refractivity contribution in [3.63, 3.8) is 0 Å². The zero-order chi connectivity index (χ0) is 24.4. The van der Waals surface area contributed by atoms with Crippen molar-refractivity contribution < 1.29 is 19.8 Å². The van der Waals surface area contributed by atoms with E-state index in [1.807, 2.05) is 42.5 Å². The van der Waals surface area contributed by atoms with E-state index in [1.165, 1.54) is 6.42 Å². The van der Waals surface area contributed by atoms with Gasteiger partial charge in [0, 0.05) is 32.1 Å². The molecule has 2 saturated carbocycles. The Morgan fingerprint density at radius 2 is 1.71 bits per heavy atom. The lowest BCUT2D eigenvalue weighted by atomic mass is 9.73. The molecular weight excluding hydrogens is 444 g/mol. The summed E-state index contributed by atoms with van der Waals surface area (Å²) in [6, 6.07) is 14.8. The highest BCUT2D eigenvalue weighted by atomic mass is 16.4. The predicted molar refractivity (Wildman–Crippen MR) is 132 cm³/mol. The number of amides is 2. The Kier molecular flexibility index (Phi) is 6.75.